The molecule has 0 bridgehead atoms. The van der Waals surface area contributed by atoms with E-state index in [0.717, 1.165) is 36.1 Å². The number of anilines is 1. The van der Waals surface area contributed by atoms with Gasteiger partial charge in [0.05, 0.1) is 16.9 Å². The maximum absolute atomic E-state index is 17.3. The molecule has 3 atom stereocenters. The standard InChI is InChI=1S/C37H48F2N4OS/c1-11-22(8)14-17-29(20(4)5)43(10)36-26-18-25(23(9)12-2)30(32(39)33(26)41-37(42-36)44-13-3)24-15-16-28(38)35-31(24)27(19-40)34(45-35)21(6)7/h15-16,18,20-23,29H,11-14,17H2,1-10H3. The molecule has 242 valence electrons. The van der Waals surface area contributed by atoms with Gasteiger partial charge in [-0.2, -0.15) is 15.2 Å². The topological polar surface area (TPSA) is 62.0 Å². The van der Waals surface area contributed by atoms with Crippen molar-refractivity contribution in [2.45, 2.75) is 106 Å². The Morgan fingerprint density at radius 3 is 2.29 bits per heavy atom. The summed E-state index contributed by atoms with van der Waals surface area (Å²) in [6.45, 7) is 19.2. The lowest BCUT2D eigenvalue weighted by Crippen LogP contribution is -2.37. The molecule has 0 saturated carbocycles. The highest BCUT2D eigenvalue weighted by molar-refractivity contribution is 7.19. The lowest BCUT2D eigenvalue weighted by molar-refractivity contribution is 0.313. The van der Waals surface area contributed by atoms with E-state index in [1.807, 2.05) is 33.9 Å². The summed E-state index contributed by atoms with van der Waals surface area (Å²) in [6, 6.07) is 7.65. The normalized spacial score (nSPS) is 13.9. The van der Waals surface area contributed by atoms with Crippen LogP contribution in [0.4, 0.5) is 14.6 Å². The second kappa shape index (κ2) is 14.4. The summed E-state index contributed by atoms with van der Waals surface area (Å²) >= 11 is 1.28. The van der Waals surface area contributed by atoms with E-state index in [-0.39, 0.29) is 29.4 Å². The minimum Gasteiger partial charge on any atom is -0.464 e. The van der Waals surface area contributed by atoms with E-state index in [4.69, 9.17) is 9.72 Å². The van der Waals surface area contributed by atoms with Crippen molar-refractivity contribution in [1.82, 2.24) is 9.97 Å². The summed E-state index contributed by atoms with van der Waals surface area (Å²) in [4.78, 5) is 12.4. The van der Waals surface area contributed by atoms with Crippen LogP contribution in [0.1, 0.15) is 116 Å². The highest BCUT2D eigenvalue weighted by Crippen LogP contribution is 2.47. The molecule has 4 aromatic rings. The zero-order chi connectivity index (χ0) is 33.2. The van der Waals surface area contributed by atoms with Gasteiger partial charge in [-0.15, -0.1) is 11.3 Å². The molecular formula is C37H48F2N4OS. The van der Waals surface area contributed by atoms with Crippen LogP contribution in [0.2, 0.25) is 0 Å². The van der Waals surface area contributed by atoms with Crippen molar-refractivity contribution in [3.63, 3.8) is 0 Å². The van der Waals surface area contributed by atoms with Crippen LogP contribution in [-0.4, -0.2) is 29.7 Å². The molecular weight excluding hydrogens is 586 g/mol. The van der Waals surface area contributed by atoms with Gasteiger partial charge >= 0.3 is 6.01 Å². The third kappa shape index (κ3) is 6.65. The van der Waals surface area contributed by atoms with Crippen LogP contribution < -0.4 is 9.64 Å². The maximum Gasteiger partial charge on any atom is 0.319 e. The molecule has 2 aromatic carbocycles. The molecule has 4 rings (SSSR count). The molecule has 3 unspecified atom stereocenters. The fraction of sp³-hybridized carbons (Fsp3) is 0.541. The lowest BCUT2D eigenvalue weighted by Gasteiger charge is -2.34. The van der Waals surface area contributed by atoms with Crippen molar-refractivity contribution in [2.75, 3.05) is 18.6 Å². The minimum absolute atomic E-state index is 0.0218. The number of ether oxygens (including phenoxy) is 1. The first-order chi connectivity index (χ1) is 21.4. The van der Waals surface area contributed by atoms with Gasteiger partial charge in [-0.1, -0.05) is 67.9 Å². The van der Waals surface area contributed by atoms with Crippen LogP contribution >= 0.6 is 11.3 Å². The zero-order valence-electron chi connectivity index (χ0n) is 28.5. The molecule has 2 aromatic heterocycles. The summed E-state index contributed by atoms with van der Waals surface area (Å²) < 4.78 is 38.8. The SMILES string of the molecule is CCOc1nc(N(C)C(CCC(C)CC)C(C)C)c2cc(C(C)CC)c(-c3ccc(F)c4sc(C(C)C)c(C#N)c34)c(F)c2n1. The van der Waals surface area contributed by atoms with Crippen LogP contribution in [0, 0.1) is 34.8 Å². The van der Waals surface area contributed by atoms with Gasteiger partial charge < -0.3 is 9.64 Å². The Labute approximate surface area is 271 Å². The van der Waals surface area contributed by atoms with E-state index in [0.29, 0.717) is 56.4 Å². The summed E-state index contributed by atoms with van der Waals surface area (Å²) in [5, 5.41) is 11.4. The Kier molecular flexibility index (Phi) is 11.1. The molecule has 45 heavy (non-hydrogen) atoms. The number of fused-ring (bicyclic) bond motifs is 2. The van der Waals surface area contributed by atoms with E-state index in [9.17, 15) is 5.26 Å². The fourth-order valence-corrected chi connectivity index (χ4v) is 7.45. The van der Waals surface area contributed by atoms with Gasteiger partial charge in [-0.05, 0) is 73.1 Å². The molecule has 8 heteroatoms. The molecule has 2 heterocycles. The smallest absolute Gasteiger partial charge is 0.319 e. The van der Waals surface area contributed by atoms with Crippen LogP contribution in [0.15, 0.2) is 18.2 Å². The lowest BCUT2D eigenvalue weighted by atomic mass is 9.86. The fourth-order valence-electron chi connectivity index (χ4n) is 6.26. The molecule has 5 nitrogen and oxygen atoms in total. The van der Waals surface area contributed by atoms with Gasteiger partial charge in [0.1, 0.15) is 23.2 Å². The Morgan fingerprint density at radius 1 is 1.00 bits per heavy atom. The predicted molar refractivity (Wildman–Crippen MR) is 185 cm³/mol. The number of benzene rings is 2. The molecule has 0 N–H and O–H groups in total. The quantitative estimate of drug-likeness (QED) is 0.146. The second-order valence-corrected chi connectivity index (χ2v) is 14.1. The number of hydrogen-bond donors (Lipinski definition) is 0. The first kappa shape index (κ1) is 34.6. The molecule has 0 spiro atoms. The number of halogens is 2. The first-order valence-electron chi connectivity index (χ1n) is 16.4. The third-order valence-corrected chi connectivity index (χ3v) is 10.8. The Hall–Kier alpha value is -3.31. The molecule has 0 amide bonds. The Morgan fingerprint density at radius 2 is 1.71 bits per heavy atom. The Balaban J connectivity index is 2.09. The van der Waals surface area contributed by atoms with Crippen molar-refractivity contribution >= 4 is 38.1 Å². The number of thiophene rings is 1. The van der Waals surface area contributed by atoms with Crippen molar-refractivity contribution in [3.05, 3.63) is 45.8 Å². The van der Waals surface area contributed by atoms with Gasteiger partial charge in [0, 0.05) is 34.3 Å². The monoisotopic (exact) mass is 634 g/mol. The number of hydrogen-bond acceptors (Lipinski definition) is 6. The number of nitrogens with zero attached hydrogens (tertiary/aromatic N) is 4. The summed E-state index contributed by atoms with van der Waals surface area (Å²) in [5.41, 5.74) is 2.24. The molecule has 0 aliphatic heterocycles. The molecule has 0 aliphatic rings. The van der Waals surface area contributed by atoms with Gasteiger partial charge in [-0.3, -0.25) is 0 Å². The van der Waals surface area contributed by atoms with Gasteiger partial charge in [0.25, 0.3) is 0 Å². The van der Waals surface area contributed by atoms with E-state index in [2.05, 4.69) is 57.5 Å². The van der Waals surface area contributed by atoms with Crippen molar-refractivity contribution in [1.29, 1.82) is 5.26 Å². The first-order valence-corrected chi connectivity index (χ1v) is 17.3. The molecule has 0 saturated heterocycles. The van der Waals surface area contributed by atoms with Crippen LogP contribution in [0.3, 0.4) is 0 Å². The minimum atomic E-state index is -0.504. The van der Waals surface area contributed by atoms with Gasteiger partial charge in [0.15, 0.2) is 5.82 Å². The second-order valence-electron chi connectivity index (χ2n) is 13.0. The third-order valence-electron chi connectivity index (χ3n) is 9.31. The van der Waals surface area contributed by atoms with Crippen molar-refractivity contribution in [2.24, 2.45) is 11.8 Å². The van der Waals surface area contributed by atoms with E-state index < -0.39 is 11.6 Å². The number of aromatic nitrogens is 2. The van der Waals surface area contributed by atoms with Crippen LogP contribution in [-0.2, 0) is 0 Å². The van der Waals surface area contributed by atoms with Crippen molar-refractivity contribution < 1.29 is 13.5 Å². The summed E-state index contributed by atoms with van der Waals surface area (Å²) in [5.74, 6) is 0.671. The highest BCUT2D eigenvalue weighted by Gasteiger charge is 2.29. The Bertz CT molecular complexity index is 1710. The van der Waals surface area contributed by atoms with Crippen molar-refractivity contribution in [3.8, 4) is 23.2 Å². The molecule has 0 radical (unpaired) electrons. The largest absolute Gasteiger partial charge is 0.464 e. The van der Waals surface area contributed by atoms with E-state index in [1.165, 1.54) is 17.4 Å². The molecule has 0 fully saturated rings. The highest BCUT2D eigenvalue weighted by atomic mass is 32.1. The van der Waals surface area contributed by atoms with E-state index >= 15 is 8.78 Å². The number of rotatable bonds is 13. The maximum atomic E-state index is 17.3. The summed E-state index contributed by atoms with van der Waals surface area (Å²) in [6.07, 6.45) is 3.96. The van der Waals surface area contributed by atoms with Gasteiger partial charge in [-0.25, -0.2) is 8.78 Å². The van der Waals surface area contributed by atoms with Crippen LogP contribution in [0.25, 0.3) is 32.1 Å². The average molecular weight is 635 g/mol. The number of nitriles is 1. The average Bonchev–Trinajstić information content (AvgIpc) is 3.42. The summed E-state index contributed by atoms with van der Waals surface area (Å²) in [7, 11) is 2.04. The van der Waals surface area contributed by atoms with Gasteiger partial charge in [0.2, 0.25) is 0 Å². The zero-order valence-corrected chi connectivity index (χ0v) is 29.3. The van der Waals surface area contributed by atoms with E-state index in [1.54, 1.807) is 6.07 Å². The molecule has 0 aliphatic carbocycles. The van der Waals surface area contributed by atoms with Crippen LogP contribution in [0.5, 0.6) is 6.01 Å². The predicted octanol–water partition coefficient (Wildman–Crippen LogP) is 11.0.